The van der Waals surface area contributed by atoms with E-state index in [1.807, 2.05) is 0 Å². The standard InChI is InChI=1S/C14H28O/c1-4-11(5-2)9-13-10-12(6-3)7-8-14(13)15/h11-15H,4-10H2,1-3H3. The zero-order chi connectivity index (χ0) is 11.3. The third-order valence-corrected chi connectivity index (χ3v) is 4.42. The highest BCUT2D eigenvalue weighted by molar-refractivity contribution is 4.80. The molecule has 0 bridgehead atoms. The van der Waals surface area contributed by atoms with Crippen molar-refractivity contribution in [3.63, 3.8) is 0 Å². The van der Waals surface area contributed by atoms with Gasteiger partial charge in [0.1, 0.15) is 0 Å². The highest BCUT2D eigenvalue weighted by Crippen LogP contribution is 2.36. The minimum absolute atomic E-state index is 0.00611. The van der Waals surface area contributed by atoms with Crippen molar-refractivity contribution in [3.8, 4) is 0 Å². The zero-order valence-corrected chi connectivity index (χ0v) is 10.7. The van der Waals surface area contributed by atoms with Crippen molar-refractivity contribution < 1.29 is 5.11 Å². The number of aliphatic hydroxyl groups excluding tert-OH is 1. The molecule has 0 aliphatic heterocycles. The van der Waals surface area contributed by atoms with Crippen LogP contribution in [-0.4, -0.2) is 11.2 Å². The second kappa shape index (κ2) is 6.52. The molecular formula is C14H28O. The summed E-state index contributed by atoms with van der Waals surface area (Å²) < 4.78 is 0. The van der Waals surface area contributed by atoms with Crippen LogP contribution in [0, 0.1) is 17.8 Å². The lowest BCUT2D eigenvalue weighted by Gasteiger charge is -2.34. The van der Waals surface area contributed by atoms with Crippen molar-refractivity contribution >= 4 is 0 Å². The van der Waals surface area contributed by atoms with Crippen molar-refractivity contribution in [2.75, 3.05) is 0 Å². The molecule has 0 aromatic carbocycles. The monoisotopic (exact) mass is 212 g/mol. The van der Waals surface area contributed by atoms with E-state index in [2.05, 4.69) is 20.8 Å². The average Bonchev–Trinajstić information content (AvgIpc) is 2.28. The molecule has 0 saturated heterocycles. The van der Waals surface area contributed by atoms with E-state index < -0.39 is 0 Å². The number of hydrogen-bond acceptors (Lipinski definition) is 1. The second-order valence-corrected chi connectivity index (χ2v) is 5.33. The van der Waals surface area contributed by atoms with Gasteiger partial charge >= 0.3 is 0 Å². The van der Waals surface area contributed by atoms with Gasteiger partial charge in [0.05, 0.1) is 6.10 Å². The first-order valence-corrected chi connectivity index (χ1v) is 6.89. The molecule has 1 aliphatic rings. The van der Waals surface area contributed by atoms with Gasteiger partial charge in [-0.25, -0.2) is 0 Å². The van der Waals surface area contributed by atoms with Gasteiger partial charge in [-0.1, -0.05) is 40.0 Å². The molecule has 3 atom stereocenters. The molecule has 1 nitrogen and oxygen atoms in total. The summed E-state index contributed by atoms with van der Waals surface area (Å²) in [4.78, 5) is 0. The third kappa shape index (κ3) is 3.79. The van der Waals surface area contributed by atoms with Crippen LogP contribution in [0.1, 0.15) is 65.7 Å². The maximum absolute atomic E-state index is 10.0. The molecule has 1 fully saturated rings. The first-order chi connectivity index (χ1) is 7.21. The Balaban J connectivity index is 2.43. The van der Waals surface area contributed by atoms with Gasteiger partial charge in [0.25, 0.3) is 0 Å². The van der Waals surface area contributed by atoms with Gasteiger partial charge in [-0.3, -0.25) is 0 Å². The Morgan fingerprint density at radius 1 is 1.13 bits per heavy atom. The lowest BCUT2D eigenvalue weighted by Crippen LogP contribution is -2.30. The normalized spacial score (nSPS) is 32.2. The van der Waals surface area contributed by atoms with E-state index in [4.69, 9.17) is 0 Å². The van der Waals surface area contributed by atoms with Crippen LogP contribution >= 0.6 is 0 Å². The average molecular weight is 212 g/mol. The first kappa shape index (κ1) is 13.0. The second-order valence-electron chi connectivity index (χ2n) is 5.33. The van der Waals surface area contributed by atoms with Crippen molar-refractivity contribution in [2.45, 2.75) is 71.8 Å². The summed E-state index contributed by atoms with van der Waals surface area (Å²) in [6.45, 7) is 6.85. The maximum Gasteiger partial charge on any atom is 0.0568 e. The minimum atomic E-state index is -0.00611. The van der Waals surface area contributed by atoms with E-state index in [0.717, 1.165) is 18.3 Å². The molecule has 1 aliphatic carbocycles. The molecular weight excluding hydrogens is 184 g/mol. The number of hydrogen-bond donors (Lipinski definition) is 1. The lowest BCUT2D eigenvalue weighted by molar-refractivity contribution is 0.0338. The molecule has 0 amide bonds. The summed E-state index contributed by atoms with van der Waals surface area (Å²) >= 11 is 0. The molecule has 3 unspecified atom stereocenters. The van der Waals surface area contributed by atoms with Crippen molar-refractivity contribution in [1.29, 1.82) is 0 Å². The largest absolute Gasteiger partial charge is 0.393 e. The molecule has 1 saturated carbocycles. The fourth-order valence-corrected chi connectivity index (χ4v) is 3.02. The van der Waals surface area contributed by atoms with Gasteiger partial charge in [-0.15, -0.1) is 0 Å². The topological polar surface area (TPSA) is 20.2 Å². The fourth-order valence-electron chi connectivity index (χ4n) is 3.02. The molecule has 1 heteroatoms. The summed E-state index contributed by atoms with van der Waals surface area (Å²) in [5.41, 5.74) is 0. The maximum atomic E-state index is 10.0. The van der Waals surface area contributed by atoms with E-state index >= 15 is 0 Å². The Hall–Kier alpha value is -0.0400. The SMILES string of the molecule is CCC(CC)CC1CC(CC)CCC1O. The smallest absolute Gasteiger partial charge is 0.0568 e. The van der Waals surface area contributed by atoms with E-state index in [0.29, 0.717) is 5.92 Å². The predicted octanol–water partition coefficient (Wildman–Crippen LogP) is 4.00. The summed E-state index contributed by atoms with van der Waals surface area (Å²) in [5, 5.41) is 10.0. The van der Waals surface area contributed by atoms with Crippen molar-refractivity contribution in [1.82, 2.24) is 0 Å². The first-order valence-electron chi connectivity index (χ1n) is 6.89. The Morgan fingerprint density at radius 2 is 1.80 bits per heavy atom. The Labute approximate surface area is 95.3 Å². The minimum Gasteiger partial charge on any atom is -0.393 e. The molecule has 0 aromatic rings. The molecule has 1 rings (SSSR count). The van der Waals surface area contributed by atoms with Crippen LogP contribution in [0.5, 0.6) is 0 Å². The third-order valence-electron chi connectivity index (χ3n) is 4.42. The van der Waals surface area contributed by atoms with Crippen LogP contribution in [0.4, 0.5) is 0 Å². The van der Waals surface area contributed by atoms with Crippen LogP contribution in [-0.2, 0) is 0 Å². The molecule has 0 spiro atoms. The van der Waals surface area contributed by atoms with Crippen LogP contribution in [0.15, 0.2) is 0 Å². The molecule has 0 aromatic heterocycles. The van der Waals surface area contributed by atoms with Gasteiger partial charge in [-0.2, -0.15) is 0 Å². The molecule has 1 N–H and O–H groups in total. The Kier molecular flexibility index (Phi) is 5.66. The van der Waals surface area contributed by atoms with Crippen LogP contribution < -0.4 is 0 Å². The van der Waals surface area contributed by atoms with Gasteiger partial charge in [0.15, 0.2) is 0 Å². The zero-order valence-electron chi connectivity index (χ0n) is 10.7. The van der Waals surface area contributed by atoms with Crippen LogP contribution in [0.3, 0.4) is 0 Å². The van der Waals surface area contributed by atoms with E-state index in [-0.39, 0.29) is 6.10 Å². The highest BCUT2D eigenvalue weighted by Gasteiger charge is 2.29. The predicted molar refractivity (Wildman–Crippen MR) is 65.8 cm³/mol. The van der Waals surface area contributed by atoms with Crippen molar-refractivity contribution in [2.24, 2.45) is 17.8 Å². The van der Waals surface area contributed by atoms with Gasteiger partial charge in [0.2, 0.25) is 0 Å². The summed E-state index contributed by atoms with van der Waals surface area (Å²) in [6, 6.07) is 0. The summed E-state index contributed by atoms with van der Waals surface area (Å²) in [6.07, 6.45) is 8.66. The number of rotatable bonds is 5. The Morgan fingerprint density at radius 3 is 2.33 bits per heavy atom. The van der Waals surface area contributed by atoms with E-state index in [1.165, 1.54) is 38.5 Å². The molecule has 90 valence electrons. The van der Waals surface area contributed by atoms with E-state index in [9.17, 15) is 5.11 Å². The molecule has 0 radical (unpaired) electrons. The Bertz CT molecular complexity index is 163. The summed E-state index contributed by atoms with van der Waals surface area (Å²) in [7, 11) is 0. The summed E-state index contributed by atoms with van der Waals surface area (Å²) in [5.74, 6) is 2.31. The van der Waals surface area contributed by atoms with Crippen LogP contribution in [0.2, 0.25) is 0 Å². The molecule has 0 heterocycles. The fraction of sp³-hybridized carbons (Fsp3) is 1.00. The highest BCUT2D eigenvalue weighted by atomic mass is 16.3. The molecule has 15 heavy (non-hydrogen) atoms. The lowest BCUT2D eigenvalue weighted by atomic mass is 9.74. The van der Waals surface area contributed by atoms with Gasteiger partial charge < -0.3 is 5.11 Å². The van der Waals surface area contributed by atoms with Gasteiger partial charge in [0, 0.05) is 0 Å². The van der Waals surface area contributed by atoms with Crippen LogP contribution in [0.25, 0.3) is 0 Å². The van der Waals surface area contributed by atoms with E-state index in [1.54, 1.807) is 0 Å². The van der Waals surface area contributed by atoms with Crippen molar-refractivity contribution in [3.05, 3.63) is 0 Å². The van der Waals surface area contributed by atoms with Gasteiger partial charge in [-0.05, 0) is 43.4 Å². The quantitative estimate of drug-likeness (QED) is 0.730. The number of aliphatic hydroxyl groups is 1.